The molecule has 0 fully saturated rings. The number of anilines is 1. The van der Waals surface area contributed by atoms with Crippen molar-refractivity contribution in [2.24, 2.45) is 0 Å². The van der Waals surface area contributed by atoms with E-state index in [1.165, 1.54) is 24.3 Å². The molecule has 3 N–H and O–H groups in total. The molecule has 35 heavy (non-hydrogen) atoms. The molecule has 10 heteroatoms. The fraction of sp³-hybridized carbons (Fsp3) is 0.240. The maximum absolute atomic E-state index is 12.6. The Hall–Kier alpha value is -3.76. The highest BCUT2D eigenvalue weighted by Gasteiger charge is 2.17. The van der Waals surface area contributed by atoms with Crippen molar-refractivity contribution < 1.29 is 32.5 Å². The second-order valence-corrected chi connectivity index (χ2v) is 9.80. The predicted molar refractivity (Wildman–Crippen MR) is 130 cm³/mol. The van der Waals surface area contributed by atoms with Crippen molar-refractivity contribution in [3.05, 3.63) is 77.4 Å². The summed E-state index contributed by atoms with van der Waals surface area (Å²) in [4.78, 5) is 12.6. The Balaban J connectivity index is 1.27. The Labute approximate surface area is 203 Å². The van der Waals surface area contributed by atoms with Gasteiger partial charge in [-0.3, -0.25) is 9.52 Å². The minimum atomic E-state index is -3.75. The van der Waals surface area contributed by atoms with E-state index in [1.54, 1.807) is 36.4 Å². The van der Waals surface area contributed by atoms with Crippen molar-refractivity contribution in [1.29, 1.82) is 0 Å². The smallest absolute Gasteiger partial charge is 0.261 e. The number of benzene rings is 3. The molecule has 1 aliphatic rings. The average Bonchev–Trinajstić information content (AvgIpc) is 3.31. The Morgan fingerprint density at radius 1 is 1.00 bits per heavy atom. The van der Waals surface area contributed by atoms with E-state index in [2.05, 4.69) is 10.0 Å². The van der Waals surface area contributed by atoms with E-state index in [9.17, 15) is 18.3 Å². The number of nitrogens with one attached hydrogen (secondary N) is 2. The molecule has 0 aromatic heterocycles. The number of aryl methyl sites for hydroxylation is 2. The van der Waals surface area contributed by atoms with E-state index in [0.717, 1.165) is 11.1 Å². The van der Waals surface area contributed by atoms with Gasteiger partial charge in [-0.2, -0.15) is 0 Å². The van der Waals surface area contributed by atoms with Crippen LogP contribution in [-0.4, -0.2) is 45.5 Å². The molecular weight excluding hydrogens is 472 g/mol. The van der Waals surface area contributed by atoms with Crippen molar-refractivity contribution in [1.82, 2.24) is 5.32 Å². The highest BCUT2D eigenvalue weighted by Crippen LogP contribution is 2.35. The van der Waals surface area contributed by atoms with E-state index in [0.29, 0.717) is 28.5 Å². The lowest BCUT2D eigenvalue weighted by Crippen LogP contribution is -2.35. The number of carbonyl (C=O) groups excluding carboxylic acids is 1. The van der Waals surface area contributed by atoms with Crippen LogP contribution in [0.1, 0.15) is 21.5 Å². The van der Waals surface area contributed by atoms with E-state index in [1.807, 2.05) is 13.8 Å². The summed E-state index contributed by atoms with van der Waals surface area (Å²) in [5, 5.41) is 12.8. The van der Waals surface area contributed by atoms with Gasteiger partial charge in [0.25, 0.3) is 15.9 Å². The maximum atomic E-state index is 12.6. The van der Waals surface area contributed by atoms with Crippen LogP contribution < -0.4 is 24.2 Å². The number of hydrogen-bond acceptors (Lipinski definition) is 7. The van der Waals surface area contributed by atoms with Crippen LogP contribution >= 0.6 is 0 Å². The molecule has 0 saturated carbocycles. The van der Waals surface area contributed by atoms with Gasteiger partial charge in [0.2, 0.25) is 6.79 Å². The number of hydrogen-bond donors (Lipinski definition) is 3. The summed E-state index contributed by atoms with van der Waals surface area (Å²) in [6.07, 6.45) is -0.937. The lowest BCUT2D eigenvalue weighted by molar-refractivity contribution is 0.0843. The largest absolute Gasteiger partial charge is 0.491 e. The van der Waals surface area contributed by atoms with Crippen LogP contribution in [0.4, 0.5) is 5.69 Å². The zero-order chi connectivity index (χ0) is 25.0. The number of carbonyl (C=O) groups is 1. The summed E-state index contributed by atoms with van der Waals surface area (Å²) in [6, 6.07) is 16.0. The van der Waals surface area contributed by atoms with Crippen molar-refractivity contribution >= 4 is 21.6 Å². The fourth-order valence-electron chi connectivity index (χ4n) is 3.32. The number of ether oxygens (including phenoxy) is 3. The minimum absolute atomic E-state index is 0.0233. The van der Waals surface area contributed by atoms with Gasteiger partial charge in [0.1, 0.15) is 18.5 Å². The molecule has 1 atom stereocenters. The molecule has 0 radical (unpaired) electrons. The third kappa shape index (κ3) is 6.03. The Bertz CT molecular complexity index is 1320. The number of aliphatic hydroxyl groups is 1. The lowest BCUT2D eigenvalue weighted by atomic mass is 10.1. The van der Waals surface area contributed by atoms with Gasteiger partial charge in [0, 0.05) is 23.9 Å². The molecule has 1 heterocycles. The fourth-order valence-corrected chi connectivity index (χ4v) is 4.46. The molecule has 0 bridgehead atoms. The molecule has 3 aromatic rings. The van der Waals surface area contributed by atoms with Gasteiger partial charge in [0.15, 0.2) is 11.5 Å². The first kappa shape index (κ1) is 24.4. The summed E-state index contributed by atoms with van der Waals surface area (Å²) in [5.41, 5.74) is 2.53. The van der Waals surface area contributed by atoms with Crippen LogP contribution in [0.15, 0.2) is 65.6 Å². The van der Waals surface area contributed by atoms with Gasteiger partial charge in [-0.25, -0.2) is 8.42 Å². The number of rotatable bonds is 9. The van der Waals surface area contributed by atoms with E-state index >= 15 is 0 Å². The zero-order valence-corrected chi connectivity index (χ0v) is 20.1. The van der Waals surface area contributed by atoms with Gasteiger partial charge in [-0.05, 0) is 73.5 Å². The highest BCUT2D eigenvalue weighted by molar-refractivity contribution is 7.92. The first-order valence-corrected chi connectivity index (χ1v) is 12.4. The standard InChI is InChI=1S/C25H26N2O7S/c1-16-3-9-22(11-17(16)2)35(30,31)27-19-6-4-18(5-7-19)25(29)26-13-20(28)14-32-21-8-10-23-24(12-21)34-15-33-23/h3-12,20,27-28H,13-15H2,1-2H3,(H,26,29). The molecule has 9 nitrogen and oxygen atoms in total. The summed E-state index contributed by atoms with van der Waals surface area (Å²) in [7, 11) is -3.75. The van der Waals surface area contributed by atoms with Gasteiger partial charge < -0.3 is 24.6 Å². The lowest BCUT2D eigenvalue weighted by Gasteiger charge is -2.14. The van der Waals surface area contributed by atoms with Gasteiger partial charge in [-0.15, -0.1) is 0 Å². The van der Waals surface area contributed by atoms with Crippen molar-refractivity contribution in [3.63, 3.8) is 0 Å². The van der Waals surface area contributed by atoms with Crippen LogP contribution in [-0.2, 0) is 10.0 Å². The molecule has 0 spiro atoms. The predicted octanol–water partition coefficient (Wildman–Crippen LogP) is 3.00. The molecule has 1 aliphatic heterocycles. The SMILES string of the molecule is Cc1ccc(S(=O)(=O)Nc2ccc(C(=O)NCC(O)COc3ccc4c(c3)OCO4)cc2)cc1C. The highest BCUT2D eigenvalue weighted by atomic mass is 32.2. The minimum Gasteiger partial charge on any atom is -0.491 e. The average molecular weight is 499 g/mol. The van der Waals surface area contributed by atoms with Crippen LogP contribution in [0.5, 0.6) is 17.2 Å². The summed E-state index contributed by atoms with van der Waals surface area (Å²) in [6.45, 7) is 3.87. The van der Waals surface area contributed by atoms with E-state index in [-0.39, 0.29) is 24.8 Å². The van der Waals surface area contributed by atoms with Crippen molar-refractivity contribution in [2.45, 2.75) is 24.8 Å². The molecule has 1 amide bonds. The Kier molecular flexibility index (Phi) is 7.13. The number of sulfonamides is 1. The second kappa shape index (κ2) is 10.2. The molecule has 1 unspecified atom stereocenters. The van der Waals surface area contributed by atoms with Crippen LogP contribution in [0.3, 0.4) is 0 Å². The van der Waals surface area contributed by atoms with Crippen LogP contribution in [0.2, 0.25) is 0 Å². The maximum Gasteiger partial charge on any atom is 0.261 e. The van der Waals surface area contributed by atoms with Gasteiger partial charge >= 0.3 is 0 Å². The molecule has 0 aliphatic carbocycles. The third-order valence-electron chi connectivity index (χ3n) is 5.47. The number of fused-ring (bicyclic) bond motifs is 1. The third-order valence-corrected chi connectivity index (χ3v) is 6.85. The van der Waals surface area contributed by atoms with Crippen LogP contribution in [0.25, 0.3) is 0 Å². The van der Waals surface area contributed by atoms with Gasteiger partial charge in [-0.1, -0.05) is 6.07 Å². The monoisotopic (exact) mass is 498 g/mol. The quantitative estimate of drug-likeness (QED) is 0.414. The molecule has 4 rings (SSSR count). The summed E-state index contributed by atoms with van der Waals surface area (Å²) in [5.74, 6) is 1.31. The summed E-state index contributed by atoms with van der Waals surface area (Å²) >= 11 is 0. The molecule has 184 valence electrons. The number of amides is 1. The number of aliphatic hydroxyl groups excluding tert-OH is 1. The molecule has 3 aromatic carbocycles. The molecule has 0 saturated heterocycles. The normalized spacial score (nSPS) is 13.2. The van der Waals surface area contributed by atoms with Gasteiger partial charge in [0.05, 0.1) is 4.90 Å². The summed E-state index contributed by atoms with van der Waals surface area (Å²) < 4.78 is 43.8. The first-order valence-electron chi connectivity index (χ1n) is 10.9. The van der Waals surface area contributed by atoms with Crippen molar-refractivity contribution in [3.8, 4) is 17.2 Å². The Morgan fingerprint density at radius 3 is 2.49 bits per heavy atom. The zero-order valence-electron chi connectivity index (χ0n) is 19.3. The van der Waals surface area contributed by atoms with E-state index in [4.69, 9.17) is 14.2 Å². The van der Waals surface area contributed by atoms with E-state index < -0.39 is 22.0 Å². The molecular formula is C25H26N2O7S. The topological polar surface area (TPSA) is 123 Å². The Morgan fingerprint density at radius 2 is 1.74 bits per heavy atom. The van der Waals surface area contributed by atoms with Crippen LogP contribution in [0, 0.1) is 13.8 Å². The first-order chi connectivity index (χ1) is 16.7. The second-order valence-electron chi connectivity index (χ2n) is 8.12. The van der Waals surface area contributed by atoms with Crippen molar-refractivity contribution in [2.75, 3.05) is 24.7 Å².